The molecule has 4 heterocycles. The first kappa shape index (κ1) is 13.9. The van der Waals surface area contributed by atoms with E-state index < -0.39 is 0 Å². The van der Waals surface area contributed by atoms with Crippen LogP contribution in [-0.4, -0.2) is 26.4 Å². The van der Waals surface area contributed by atoms with E-state index in [0.717, 1.165) is 46.7 Å². The van der Waals surface area contributed by atoms with E-state index in [9.17, 15) is 0 Å². The molecule has 1 atom stereocenters. The van der Waals surface area contributed by atoms with Crippen LogP contribution in [0.3, 0.4) is 0 Å². The molecule has 0 bridgehead atoms. The third-order valence-corrected chi connectivity index (χ3v) is 5.61. The van der Waals surface area contributed by atoms with Crippen LogP contribution >= 0.6 is 11.3 Å². The molecular weight excluding hydrogens is 320 g/mol. The molecule has 1 aromatic carbocycles. The second-order valence-corrected chi connectivity index (χ2v) is 7.08. The van der Waals surface area contributed by atoms with Gasteiger partial charge >= 0.3 is 0 Å². The maximum atomic E-state index is 5.80. The molecule has 0 radical (unpaired) electrons. The fourth-order valence-corrected chi connectivity index (χ4v) is 4.30. The Bertz CT molecular complexity index is 993. The Balaban J connectivity index is 1.54. The van der Waals surface area contributed by atoms with Gasteiger partial charge in [0.05, 0.1) is 22.7 Å². The fraction of sp³-hybridized carbons (Fsp3) is 0.222. The topological polar surface area (TPSA) is 55.7 Å². The number of benzene rings is 1. The Hall–Kier alpha value is -2.44. The minimum Gasteiger partial charge on any atom is -0.373 e. The third kappa shape index (κ3) is 2.26. The van der Waals surface area contributed by atoms with Gasteiger partial charge in [-0.05, 0) is 43.2 Å². The molecule has 1 saturated heterocycles. The van der Waals surface area contributed by atoms with Crippen LogP contribution in [-0.2, 0) is 4.74 Å². The molecule has 6 heteroatoms. The van der Waals surface area contributed by atoms with E-state index in [4.69, 9.17) is 4.74 Å². The number of rotatable bonds is 3. The van der Waals surface area contributed by atoms with Crippen LogP contribution in [0.15, 0.2) is 48.9 Å². The highest BCUT2D eigenvalue weighted by Gasteiger charge is 2.20. The zero-order valence-corrected chi connectivity index (χ0v) is 13.8. The van der Waals surface area contributed by atoms with Crippen molar-refractivity contribution in [3.8, 4) is 16.4 Å². The predicted molar refractivity (Wildman–Crippen MR) is 94.5 cm³/mol. The Morgan fingerprint density at radius 1 is 1.25 bits per heavy atom. The number of hydrogen-bond acceptors (Lipinski definition) is 4. The Morgan fingerprint density at radius 3 is 3.17 bits per heavy atom. The smallest absolute Gasteiger partial charge is 0.154 e. The molecule has 0 unspecified atom stereocenters. The second-order valence-electron chi connectivity index (χ2n) is 5.97. The van der Waals surface area contributed by atoms with Gasteiger partial charge in [-0.3, -0.25) is 9.67 Å². The van der Waals surface area contributed by atoms with Gasteiger partial charge in [0.1, 0.15) is 0 Å². The van der Waals surface area contributed by atoms with Gasteiger partial charge in [-0.2, -0.15) is 5.10 Å². The van der Waals surface area contributed by atoms with Gasteiger partial charge in [-0.15, -0.1) is 11.3 Å². The highest BCUT2D eigenvalue weighted by Crippen LogP contribution is 2.37. The number of H-pyrrole nitrogens is 1. The molecule has 24 heavy (non-hydrogen) atoms. The SMILES string of the molecule is c1cn(-c2ccc3cn[nH]c3c2)c(-c2ccc([C@@H]3CCCO3)s2)n1. The lowest BCUT2D eigenvalue weighted by Gasteiger charge is -2.07. The Kier molecular flexibility index (Phi) is 3.24. The molecule has 1 aliphatic rings. The molecule has 3 aromatic heterocycles. The number of aromatic nitrogens is 4. The molecule has 0 spiro atoms. The summed E-state index contributed by atoms with van der Waals surface area (Å²) in [6.45, 7) is 0.872. The zero-order chi connectivity index (χ0) is 15.9. The van der Waals surface area contributed by atoms with Crippen molar-refractivity contribution < 1.29 is 4.74 Å². The molecule has 5 nitrogen and oxygen atoms in total. The molecule has 1 N–H and O–H groups in total. The number of nitrogens with zero attached hydrogens (tertiary/aromatic N) is 3. The lowest BCUT2D eigenvalue weighted by molar-refractivity contribution is 0.114. The first-order valence-electron chi connectivity index (χ1n) is 8.07. The highest BCUT2D eigenvalue weighted by atomic mass is 32.1. The summed E-state index contributed by atoms with van der Waals surface area (Å²) in [7, 11) is 0. The van der Waals surface area contributed by atoms with Crippen molar-refractivity contribution in [2.24, 2.45) is 0 Å². The molecule has 0 amide bonds. The first-order valence-corrected chi connectivity index (χ1v) is 8.89. The monoisotopic (exact) mass is 336 g/mol. The normalized spacial score (nSPS) is 17.8. The third-order valence-electron chi connectivity index (χ3n) is 4.44. The van der Waals surface area contributed by atoms with E-state index in [2.05, 4.69) is 50.1 Å². The summed E-state index contributed by atoms with van der Waals surface area (Å²) in [6.07, 6.45) is 8.20. The summed E-state index contributed by atoms with van der Waals surface area (Å²) >= 11 is 1.77. The van der Waals surface area contributed by atoms with Crippen LogP contribution in [0, 0.1) is 0 Å². The molecule has 0 saturated carbocycles. The molecule has 1 fully saturated rings. The standard InChI is InChI=1S/C18H16N4OS/c1-2-15(23-9-1)16-5-6-17(24-16)18-19-7-8-22(18)13-4-3-12-11-20-21-14(12)10-13/h3-8,10-11,15H,1-2,9H2,(H,20,21)/t15-/m0/s1. The lowest BCUT2D eigenvalue weighted by atomic mass is 10.2. The summed E-state index contributed by atoms with van der Waals surface area (Å²) in [4.78, 5) is 7.03. The van der Waals surface area contributed by atoms with Gasteiger partial charge in [-0.1, -0.05) is 0 Å². The summed E-state index contributed by atoms with van der Waals surface area (Å²) < 4.78 is 7.91. The van der Waals surface area contributed by atoms with Gasteiger partial charge in [0.25, 0.3) is 0 Å². The average Bonchev–Trinajstić information content (AvgIpc) is 3.41. The number of nitrogens with one attached hydrogen (secondary N) is 1. The molecular formula is C18H16N4OS. The lowest BCUT2D eigenvalue weighted by Crippen LogP contribution is -1.95. The minimum absolute atomic E-state index is 0.258. The molecule has 5 rings (SSSR count). The second kappa shape index (κ2) is 5.58. The maximum absolute atomic E-state index is 5.80. The van der Waals surface area contributed by atoms with Gasteiger partial charge in [0.15, 0.2) is 5.82 Å². The minimum atomic E-state index is 0.258. The first-order chi connectivity index (χ1) is 11.9. The number of fused-ring (bicyclic) bond motifs is 1. The van der Waals surface area contributed by atoms with Crippen LogP contribution < -0.4 is 0 Å². The van der Waals surface area contributed by atoms with Gasteiger partial charge in [0.2, 0.25) is 0 Å². The van der Waals surface area contributed by atoms with Crippen molar-refractivity contribution in [1.29, 1.82) is 0 Å². The zero-order valence-electron chi connectivity index (χ0n) is 13.0. The molecule has 120 valence electrons. The Labute approximate surface area is 142 Å². The molecule has 4 aromatic rings. The summed E-state index contributed by atoms with van der Waals surface area (Å²) in [5.41, 5.74) is 2.10. The molecule has 0 aliphatic carbocycles. The van der Waals surface area contributed by atoms with Crippen LogP contribution in [0.2, 0.25) is 0 Å². The van der Waals surface area contributed by atoms with Crippen molar-refractivity contribution in [1.82, 2.24) is 19.7 Å². The highest BCUT2D eigenvalue weighted by molar-refractivity contribution is 7.15. The van der Waals surface area contributed by atoms with Crippen LogP contribution in [0.5, 0.6) is 0 Å². The van der Waals surface area contributed by atoms with E-state index >= 15 is 0 Å². The van der Waals surface area contributed by atoms with Crippen LogP contribution in [0.25, 0.3) is 27.3 Å². The van der Waals surface area contributed by atoms with E-state index in [1.165, 1.54) is 4.88 Å². The summed E-state index contributed by atoms with van der Waals surface area (Å²) in [5.74, 6) is 0.961. The van der Waals surface area contributed by atoms with E-state index in [0.29, 0.717) is 0 Å². The molecule has 1 aliphatic heterocycles. The van der Waals surface area contributed by atoms with Crippen molar-refractivity contribution >= 4 is 22.2 Å². The van der Waals surface area contributed by atoms with Crippen LogP contribution in [0.4, 0.5) is 0 Å². The number of hydrogen-bond donors (Lipinski definition) is 1. The van der Waals surface area contributed by atoms with E-state index in [1.54, 1.807) is 11.3 Å². The largest absolute Gasteiger partial charge is 0.373 e. The number of thiophene rings is 1. The van der Waals surface area contributed by atoms with E-state index in [-0.39, 0.29) is 6.10 Å². The number of aromatic amines is 1. The van der Waals surface area contributed by atoms with Gasteiger partial charge < -0.3 is 4.74 Å². The quantitative estimate of drug-likeness (QED) is 0.606. The van der Waals surface area contributed by atoms with Crippen molar-refractivity contribution in [2.45, 2.75) is 18.9 Å². The van der Waals surface area contributed by atoms with Crippen molar-refractivity contribution in [3.05, 3.63) is 53.8 Å². The number of ether oxygens (including phenoxy) is 1. The van der Waals surface area contributed by atoms with Crippen molar-refractivity contribution in [3.63, 3.8) is 0 Å². The van der Waals surface area contributed by atoms with Gasteiger partial charge in [-0.25, -0.2) is 4.98 Å². The summed E-state index contributed by atoms with van der Waals surface area (Å²) in [5, 5.41) is 8.22. The van der Waals surface area contributed by atoms with Crippen LogP contribution in [0.1, 0.15) is 23.8 Å². The number of imidazole rings is 1. The maximum Gasteiger partial charge on any atom is 0.154 e. The van der Waals surface area contributed by atoms with Gasteiger partial charge in [0, 0.05) is 35.0 Å². The Morgan fingerprint density at radius 2 is 2.25 bits per heavy atom. The van der Waals surface area contributed by atoms with Crippen molar-refractivity contribution in [2.75, 3.05) is 6.61 Å². The predicted octanol–water partition coefficient (Wildman–Crippen LogP) is 4.33. The fourth-order valence-electron chi connectivity index (χ4n) is 3.22. The van der Waals surface area contributed by atoms with E-state index in [1.807, 2.05) is 18.6 Å². The summed E-state index contributed by atoms with van der Waals surface area (Å²) in [6, 6.07) is 10.6. The average molecular weight is 336 g/mol.